The van der Waals surface area contributed by atoms with Crippen LogP contribution in [0.4, 0.5) is 0 Å². The average molecular weight is 459 g/mol. The molecule has 174 valence electrons. The molecule has 0 aromatic heterocycles. The fraction of sp³-hybridized carbons (Fsp3) is 0.917. The smallest absolute Gasteiger partial charge is 0.201 e. The van der Waals surface area contributed by atoms with Crippen LogP contribution < -0.4 is 0 Å². The normalized spacial score (nSPS) is 17.4. The first kappa shape index (κ1) is 29.3. The number of rotatable bonds is 10. The highest BCUT2D eigenvalue weighted by Crippen LogP contribution is 2.46. The molecule has 0 spiro atoms. The topological polar surface area (TPSA) is 18.5 Å². The van der Waals surface area contributed by atoms with Gasteiger partial charge in [-0.05, 0) is 48.6 Å². The van der Waals surface area contributed by atoms with Crippen LogP contribution in [0.25, 0.3) is 0 Å². The molecule has 0 aliphatic heterocycles. The lowest BCUT2D eigenvalue weighted by Crippen LogP contribution is -2.56. The fourth-order valence-electron chi connectivity index (χ4n) is 4.77. The summed E-state index contributed by atoms with van der Waals surface area (Å²) in [5, 5.41) is 1.71. The molecule has 0 aromatic carbocycles. The Labute approximate surface area is 187 Å². The number of hydrogen-bond donors (Lipinski definition) is 0. The Kier molecular flexibility index (Phi) is 10.4. The first-order valence-electron chi connectivity index (χ1n) is 11.8. The van der Waals surface area contributed by atoms with Crippen LogP contribution in [0.15, 0.2) is 11.3 Å². The van der Waals surface area contributed by atoms with Gasteiger partial charge >= 0.3 is 0 Å². The van der Waals surface area contributed by atoms with E-state index >= 15 is 0 Å². The van der Waals surface area contributed by atoms with Gasteiger partial charge in [0, 0.05) is 0 Å². The van der Waals surface area contributed by atoms with Gasteiger partial charge in [0.05, 0.1) is 20.3 Å². The number of hydrogen-bond acceptors (Lipinski definition) is 2. The predicted molar refractivity (Wildman–Crippen MR) is 141 cm³/mol. The third-order valence-corrected chi connectivity index (χ3v) is 20.2. The van der Waals surface area contributed by atoms with Crippen molar-refractivity contribution in [3.63, 3.8) is 0 Å². The Morgan fingerprint density at radius 2 is 1.10 bits per heavy atom. The molecule has 0 heterocycles. The van der Waals surface area contributed by atoms with Crippen LogP contribution in [-0.4, -0.2) is 36.9 Å². The molecule has 0 aliphatic rings. The summed E-state index contributed by atoms with van der Waals surface area (Å²) in [7, 11) is -5.44. The molecule has 2 atom stereocenters. The van der Waals surface area contributed by atoms with Crippen LogP contribution in [0, 0.1) is 0 Å². The van der Waals surface area contributed by atoms with Gasteiger partial charge in [-0.2, -0.15) is 0 Å². The summed E-state index contributed by atoms with van der Waals surface area (Å²) >= 11 is 0. The van der Waals surface area contributed by atoms with Crippen molar-refractivity contribution in [2.75, 3.05) is 0 Å². The zero-order valence-electron chi connectivity index (χ0n) is 22.8. The summed E-state index contributed by atoms with van der Waals surface area (Å²) in [6, 6.07) is 0. The molecule has 0 bridgehead atoms. The summed E-state index contributed by atoms with van der Waals surface area (Å²) in [6.45, 7) is 37.8. The minimum Gasteiger partial charge on any atom is -0.411 e. The predicted octanol–water partition coefficient (Wildman–Crippen LogP) is 8.78. The quantitative estimate of drug-likeness (QED) is 0.304. The van der Waals surface area contributed by atoms with Crippen molar-refractivity contribution in [1.82, 2.24) is 0 Å². The lowest BCUT2D eigenvalue weighted by molar-refractivity contribution is 0.0693. The third kappa shape index (κ3) is 6.90. The molecule has 0 rings (SSSR count). The molecule has 5 heteroatoms. The van der Waals surface area contributed by atoms with Crippen molar-refractivity contribution < 1.29 is 8.85 Å². The second-order valence-electron chi connectivity index (χ2n) is 12.4. The molecule has 0 aliphatic carbocycles. The second kappa shape index (κ2) is 10.3. The van der Waals surface area contributed by atoms with E-state index in [-0.39, 0.29) is 17.2 Å². The van der Waals surface area contributed by atoms with Crippen molar-refractivity contribution >= 4 is 24.7 Å². The molecular weight excluding hydrogens is 405 g/mol. The molecular formula is C24H54O2Si3. The highest BCUT2D eigenvalue weighted by molar-refractivity contribution is 6.83. The maximum atomic E-state index is 7.42. The Balaban J connectivity index is 6.41. The Morgan fingerprint density at radius 1 is 0.724 bits per heavy atom. The van der Waals surface area contributed by atoms with E-state index in [4.69, 9.17) is 8.85 Å². The van der Waals surface area contributed by atoms with Crippen LogP contribution >= 0.6 is 0 Å². The van der Waals surface area contributed by atoms with Crippen molar-refractivity contribution in [2.24, 2.45) is 0 Å². The van der Waals surface area contributed by atoms with Gasteiger partial charge in [-0.1, -0.05) is 93.2 Å². The average Bonchev–Trinajstić information content (AvgIpc) is 2.46. The largest absolute Gasteiger partial charge is 0.411 e. The van der Waals surface area contributed by atoms with Crippen molar-refractivity contribution in [3.8, 4) is 0 Å². The Bertz CT molecular complexity index is 516. The van der Waals surface area contributed by atoms with E-state index in [2.05, 4.69) is 115 Å². The fourth-order valence-corrected chi connectivity index (χ4v) is 13.9. The number of allylic oxidation sites excluding steroid dienone is 1. The van der Waals surface area contributed by atoms with E-state index in [0.717, 1.165) is 0 Å². The molecule has 29 heavy (non-hydrogen) atoms. The van der Waals surface area contributed by atoms with Crippen molar-refractivity contribution in [3.05, 3.63) is 11.3 Å². The molecule has 2 nitrogen and oxygen atoms in total. The van der Waals surface area contributed by atoms with E-state index < -0.39 is 24.7 Å². The molecule has 0 saturated carbocycles. The maximum Gasteiger partial charge on any atom is 0.201 e. The summed E-state index contributed by atoms with van der Waals surface area (Å²) < 4.78 is 14.4. The maximum absolute atomic E-state index is 7.42. The molecule has 0 aromatic rings. The third-order valence-electron chi connectivity index (χ3n) is 7.23. The highest BCUT2D eigenvalue weighted by atomic mass is 28.4. The molecule has 0 unspecified atom stereocenters. The summed E-state index contributed by atoms with van der Waals surface area (Å²) in [5.41, 5.74) is 1.72. The van der Waals surface area contributed by atoms with E-state index in [9.17, 15) is 0 Å². The van der Waals surface area contributed by atoms with Gasteiger partial charge in [-0.25, -0.2) is 0 Å². The van der Waals surface area contributed by atoms with Crippen molar-refractivity contribution in [2.45, 2.75) is 143 Å². The van der Waals surface area contributed by atoms with Crippen LogP contribution in [-0.2, 0) is 8.85 Å². The van der Waals surface area contributed by atoms with E-state index in [1.165, 1.54) is 5.20 Å². The Morgan fingerprint density at radius 3 is 1.34 bits per heavy atom. The van der Waals surface area contributed by atoms with E-state index in [1.54, 1.807) is 0 Å². The Hall–Kier alpha value is 0.311. The molecule has 0 amide bonds. The van der Waals surface area contributed by atoms with Gasteiger partial charge in [0.2, 0.25) is 8.32 Å². The lowest BCUT2D eigenvalue weighted by atomic mass is 10.2. The van der Waals surface area contributed by atoms with Crippen LogP contribution in [0.2, 0.25) is 54.4 Å². The SMILES string of the molecule is C/C=C(/[C@@H](O[Si](C(C)C)(C(C)C)C(C)C)[C@H](C)O[Si](C)(C)C(C)(C)C)[Si](C)(C)C. The lowest BCUT2D eigenvalue weighted by Gasteiger charge is -2.49. The molecule has 0 N–H and O–H groups in total. The zero-order chi connectivity index (χ0) is 23.6. The van der Waals surface area contributed by atoms with Gasteiger partial charge in [0.15, 0.2) is 8.32 Å². The minimum atomic E-state index is -2.02. The van der Waals surface area contributed by atoms with Gasteiger partial charge < -0.3 is 8.85 Å². The monoisotopic (exact) mass is 458 g/mol. The molecule has 0 saturated heterocycles. The molecule has 0 fully saturated rings. The molecule has 0 radical (unpaired) electrons. The van der Waals surface area contributed by atoms with E-state index in [0.29, 0.717) is 16.6 Å². The second-order valence-corrected chi connectivity index (χ2v) is 27.7. The minimum absolute atomic E-state index is 0.0691. The van der Waals surface area contributed by atoms with Crippen LogP contribution in [0.1, 0.15) is 76.2 Å². The highest BCUT2D eigenvalue weighted by Gasteiger charge is 2.50. The zero-order valence-corrected chi connectivity index (χ0v) is 25.8. The van der Waals surface area contributed by atoms with Gasteiger partial charge in [0.1, 0.15) is 0 Å². The summed E-state index contributed by atoms with van der Waals surface area (Å²) in [4.78, 5) is 0. The van der Waals surface area contributed by atoms with Crippen LogP contribution in [0.5, 0.6) is 0 Å². The van der Waals surface area contributed by atoms with Gasteiger partial charge in [0.25, 0.3) is 0 Å². The first-order chi connectivity index (χ1) is 12.8. The van der Waals surface area contributed by atoms with Gasteiger partial charge in [-0.3, -0.25) is 0 Å². The van der Waals surface area contributed by atoms with E-state index in [1.807, 2.05) is 0 Å². The van der Waals surface area contributed by atoms with Crippen molar-refractivity contribution in [1.29, 1.82) is 0 Å². The standard InChI is InChI=1S/C24H54O2Si3/c1-17-22(27(12,13)14)23(21(8)25-28(15,16)24(9,10)11)26-29(18(2)3,19(4)5)20(6)7/h17-21,23H,1-16H3/b22-17-/t21-,23-/m0/s1. The summed E-state index contributed by atoms with van der Waals surface area (Å²) in [6.07, 6.45) is 2.50. The first-order valence-corrected chi connectivity index (χ1v) is 20.3. The van der Waals surface area contributed by atoms with Crippen LogP contribution in [0.3, 0.4) is 0 Å². The summed E-state index contributed by atoms with van der Waals surface area (Å²) in [5.74, 6) is 0. The van der Waals surface area contributed by atoms with Gasteiger partial charge in [-0.15, -0.1) is 0 Å².